The summed E-state index contributed by atoms with van der Waals surface area (Å²) in [5.74, 6) is -0.390. The molecule has 16 heavy (non-hydrogen) atoms. The number of H-pyrrole nitrogens is 1. The Morgan fingerprint density at radius 2 is 2.25 bits per heavy atom. The number of nitrogens with two attached hydrogens (primary N) is 1. The van der Waals surface area contributed by atoms with Gasteiger partial charge in [0.1, 0.15) is 11.5 Å². The van der Waals surface area contributed by atoms with Crippen LogP contribution in [0.15, 0.2) is 6.07 Å². The van der Waals surface area contributed by atoms with Crippen LogP contribution in [-0.2, 0) is 4.79 Å². The van der Waals surface area contributed by atoms with Gasteiger partial charge in [-0.05, 0) is 6.42 Å². The number of carbonyl (C=O) groups excluding carboxylic acids is 2. The first kappa shape index (κ1) is 12.0. The Labute approximate surface area is 92.8 Å². The second-order valence-electron chi connectivity index (χ2n) is 3.24. The summed E-state index contributed by atoms with van der Waals surface area (Å²) in [5, 5.41) is 11.1. The highest BCUT2D eigenvalue weighted by Crippen LogP contribution is 1.99. The third-order valence-corrected chi connectivity index (χ3v) is 1.82. The zero-order chi connectivity index (χ0) is 12.0. The predicted octanol–water partition coefficient (Wildman–Crippen LogP) is -0.752. The highest BCUT2D eigenvalue weighted by molar-refractivity contribution is 5.95. The summed E-state index contributed by atoms with van der Waals surface area (Å²) in [6, 6.07) is 1.40. The summed E-state index contributed by atoms with van der Waals surface area (Å²) in [6.45, 7) is 2.50. The molecule has 0 atom stereocenters. The maximum absolute atomic E-state index is 11.4. The third-order valence-electron chi connectivity index (χ3n) is 1.82. The minimum atomic E-state index is -0.407. The fourth-order valence-electron chi connectivity index (χ4n) is 1.04. The van der Waals surface area contributed by atoms with E-state index in [0.29, 0.717) is 6.54 Å². The molecule has 1 rings (SSSR count). The van der Waals surface area contributed by atoms with Gasteiger partial charge in [-0.25, -0.2) is 0 Å². The Morgan fingerprint density at radius 3 is 2.81 bits per heavy atom. The molecule has 1 aromatic heterocycles. The van der Waals surface area contributed by atoms with Gasteiger partial charge in [0.25, 0.3) is 5.91 Å². The molecule has 0 saturated heterocycles. The first-order valence-electron chi connectivity index (χ1n) is 4.99. The van der Waals surface area contributed by atoms with Crippen molar-refractivity contribution in [1.29, 1.82) is 0 Å². The van der Waals surface area contributed by atoms with Crippen LogP contribution in [0.1, 0.15) is 23.8 Å². The first-order valence-corrected chi connectivity index (χ1v) is 4.99. The molecule has 0 spiro atoms. The van der Waals surface area contributed by atoms with Crippen molar-refractivity contribution in [2.75, 3.05) is 18.8 Å². The lowest BCUT2D eigenvalue weighted by molar-refractivity contribution is -0.120. The van der Waals surface area contributed by atoms with Crippen LogP contribution in [0.5, 0.6) is 0 Å². The number of carbonyl (C=O) groups is 2. The van der Waals surface area contributed by atoms with E-state index in [1.165, 1.54) is 6.07 Å². The molecule has 7 heteroatoms. The topological polar surface area (TPSA) is 113 Å². The standard InChI is InChI=1S/C9H15N5O2/c1-2-3-11-8(15)5-12-9(16)6-4-7(10)14-13-6/h4H,2-3,5H2,1H3,(H,11,15)(H,12,16)(H3,10,13,14). The van der Waals surface area contributed by atoms with Crippen molar-refractivity contribution < 1.29 is 9.59 Å². The molecule has 0 fully saturated rings. The number of anilines is 1. The van der Waals surface area contributed by atoms with Crippen molar-refractivity contribution in [1.82, 2.24) is 20.8 Å². The van der Waals surface area contributed by atoms with E-state index in [4.69, 9.17) is 5.73 Å². The molecule has 1 aromatic rings. The fraction of sp³-hybridized carbons (Fsp3) is 0.444. The van der Waals surface area contributed by atoms with Gasteiger partial charge in [0, 0.05) is 12.6 Å². The lowest BCUT2D eigenvalue weighted by atomic mass is 10.4. The second-order valence-corrected chi connectivity index (χ2v) is 3.24. The van der Waals surface area contributed by atoms with Crippen LogP contribution in [0, 0.1) is 0 Å². The van der Waals surface area contributed by atoms with Gasteiger partial charge in [-0.3, -0.25) is 14.7 Å². The van der Waals surface area contributed by atoms with E-state index < -0.39 is 5.91 Å². The molecule has 0 aliphatic rings. The maximum Gasteiger partial charge on any atom is 0.269 e. The van der Waals surface area contributed by atoms with Crippen LogP contribution >= 0.6 is 0 Å². The average molecular weight is 225 g/mol. The van der Waals surface area contributed by atoms with Crippen molar-refractivity contribution in [3.05, 3.63) is 11.8 Å². The van der Waals surface area contributed by atoms with Crippen LogP contribution in [0.2, 0.25) is 0 Å². The number of hydrogen-bond donors (Lipinski definition) is 4. The summed E-state index contributed by atoms with van der Waals surface area (Å²) in [6.07, 6.45) is 0.858. The number of nitrogens with zero attached hydrogens (tertiary/aromatic N) is 1. The molecular formula is C9H15N5O2. The quantitative estimate of drug-likeness (QED) is 0.528. The molecule has 0 aromatic carbocycles. The van der Waals surface area contributed by atoms with Crippen molar-refractivity contribution in [3.8, 4) is 0 Å². The van der Waals surface area contributed by atoms with Crippen molar-refractivity contribution in [2.24, 2.45) is 0 Å². The molecule has 2 amide bonds. The summed E-state index contributed by atoms with van der Waals surface area (Å²) in [7, 11) is 0. The molecule has 1 heterocycles. The van der Waals surface area contributed by atoms with Gasteiger partial charge in [0.15, 0.2) is 0 Å². The number of amides is 2. The molecule has 7 nitrogen and oxygen atoms in total. The minimum absolute atomic E-state index is 0.0578. The van der Waals surface area contributed by atoms with E-state index >= 15 is 0 Å². The number of rotatable bonds is 5. The molecule has 0 aliphatic carbocycles. The first-order chi connectivity index (χ1) is 7.63. The highest BCUT2D eigenvalue weighted by Gasteiger charge is 2.09. The molecule has 0 bridgehead atoms. The van der Waals surface area contributed by atoms with Gasteiger partial charge < -0.3 is 16.4 Å². The molecule has 5 N–H and O–H groups in total. The molecule has 0 aliphatic heterocycles. The zero-order valence-electron chi connectivity index (χ0n) is 9.04. The van der Waals surface area contributed by atoms with Crippen LogP contribution in [-0.4, -0.2) is 35.1 Å². The second kappa shape index (κ2) is 5.74. The average Bonchev–Trinajstić information content (AvgIpc) is 2.69. The van der Waals surface area contributed by atoms with Crippen LogP contribution in [0.4, 0.5) is 5.82 Å². The van der Waals surface area contributed by atoms with Gasteiger partial charge in [-0.1, -0.05) is 6.92 Å². The van der Waals surface area contributed by atoms with Gasteiger partial charge in [-0.2, -0.15) is 5.10 Å². The van der Waals surface area contributed by atoms with Crippen LogP contribution < -0.4 is 16.4 Å². The van der Waals surface area contributed by atoms with Gasteiger partial charge >= 0.3 is 0 Å². The lowest BCUT2D eigenvalue weighted by Gasteiger charge is -2.04. The van der Waals surface area contributed by atoms with Gasteiger partial charge in [0.05, 0.1) is 6.54 Å². The number of nitrogens with one attached hydrogen (secondary N) is 3. The third kappa shape index (κ3) is 3.60. The van der Waals surface area contributed by atoms with Gasteiger partial charge in [0.2, 0.25) is 5.91 Å². The number of aromatic nitrogens is 2. The Bertz CT molecular complexity index is 374. The molecule has 88 valence electrons. The Kier molecular flexibility index (Phi) is 4.31. The van der Waals surface area contributed by atoms with Crippen molar-refractivity contribution >= 4 is 17.6 Å². The number of nitrogen functional groups attached to an aromatic ring is 1. The minimum Gasteiger partial charge on any atom is -0.382 e. The monoisotopic (exact) mass is 225 g/mol. The van der Waals surface area contributed by atoms with E-state index in [1.54, 1.807) is 0 Å². The zero-order valence-corrected chi connectivity index (χ0v) is 9.04. The van der Waals surface area contributed by atoms with E-state index in [0.717, 1.165) is 6.42 Å². The SMILES string of the molecule is CCCNC(=O)CNC(=O)c1cc(N)n[nH]1. The normalized spacial score (nSPS) is 9.81. The summed E-state index contributed by atoms with van der Waals surface area (Å²) < 4.78 is 0. The van der Waals surface area contributed by atoms with Crippen LogP contribution in [0.25, 0.3) is 0 Å². The largest absolute Gasteiger partial charge is 0.382 e. The summed E-state index contributed by atoms with van der Waals surface area (Å²) in [5.41, 5.74) is 5.57. The van der Waals surface area contributed by atoms with Gasteiger partial charge in [-0.15, -0.1) is 0 Å². The molecular weight excluding hydrogens is 210 g/mol. The number of aromatic amines is 1. The molecule has 0 unspecified atom stereocenters. The Balaban J connectivity index is 2.33. The Morgan fingerprint density at radius 1 is 1.50 bits per heavy atom. The lowest BCUT2D eigenvalue weighted by Crippen LogP contribution is -2.37. The van der Waals surface area contributed by atoms with Crippen molar-refractivity contribution in [3.63, 3.8) is 0 Å². The maximum atomic E-state index is 11.4. The van der Waals surface area contributed by atoms with E-state index in [-0.39, 0.29) is 24.0 Å². The highest BCUT2D eigenvalue weighted by atomic mass is 16.2. The predicted molar refractivity (Wildman–Crippen MR) is 58.6 cm³/mol. The summed E-state index contributed by atoms with van der Waals surface area (Å²) in [4.78, 5) is 22.6. The van der Waals surface area contributed by atoms with E-state index in [9.17, 15) is 9.59 Å². The van der Waals surface area contributed by atoms with Crippen LogP contribution in [0.3, 0.4) is 0 Å². The van der Waals surface area contributed by atoms with Crippen molar-refractivity contribution in [2.45, 2.75) is 13.3 Å². The Hall–Kier alpha value is -2.05. The summed E-state index contributed by atoms with van der Waals surface area (Å²) >= 11 is 0. The smallest absolute Gasteiger partial charge is 0.269 e. The molecule has 0 saturated carbocycles. The fourth-order valence-corrected chi connectivity index (χ4v) is 1.04. The van der Waals surface area contributed by atoms with E-state index in [1.807, 2.05) is 6.92 Å². The molecule has 0 radical (unpaired) electrons. The number of hydrogen-bond acceptors (Lipinski definition) is 4. The van der Waals surface area contributed by atoms with E-state index in [2.05, 4.69) is 20.8 Å².